The minimum Gasteiger partial charge on any atom is -0.463 e. The third kappa shape index (κ3) is 3.96. The summed E-state index contributed by atoms with van der Waals surface area (Å²) >= 11 is 0. The van der Waals surface area contributed by atoms with Crippen molar-refractivity contribution in [2.24, 2.45) is 34.5 Å². The highest BCUT2D eigenvalue weighted by Crippen LogP contribution is 2.67. The first-order valence-electron chi connectivity index (χ1n) is 12.9. The summed E-state index contributed by atoms with van der Waals surface area (Å²) in [6.07, 6.45) is 16.0. The van der Waals surface area contributed by atoms with E-state index in [0.717, 1.165) is 32.1 Å². The Morgan fingerprint density at radius 1 is 1.16 bits per heavy atom. The molecule has 0 unspecified atom stereocenters. The van der Waals surface area contributed by atoms with Crippen molar-refractivity contribution in [3.05, 3.63) is 24.3 Å². The predicted molar refractivity (Wildman–Crippen MR) is 126 cm³/mol. The molecular weight excluding hydrogens is 400 g/mol. The van der Waals surface area contributed by atoms with Crippen molar-refractivity contribution in [3.63, 3.8) is 0 Å². The molecule has 4 rings (SSSR count). The van der Waals surface area contributed by atoms with E-state index < -0.39 is 0 Å². The molecule has 8 atom stereocenters. The van der Waals surface area contributed by atoms with Crippen molar-refractivity contribution in [2.75, 3.05) is 0 Å². The Kier molecular flexibility index (Phi) is 6.62. The molecule has 0 aromatic heterocycles. The molecule has 0 bridgehead atoms. The molecule has 3 fully saturated rings. The largest absolute Gasteiger partial charge is 0.463 e. The molecular formula is C28H42O4. The lowest BCUT2D eigenvalue weighted by Crippen LogP contribution is -2.52. The zero-order valence-electron chi connectivity index (χ0n) is 20.5. The molecule has 4 nitrogen and oxygen atoms in total. The normalized spacial score (nSPS) is 41.4. The molecule has 0 spiro atoms. The summed E-state index contributed by atoms with van der Waals surface area (Å²) in [5.74, 6) is 2.27. The molecule has 0 amide bonds. The van der Waals surface area contributed by atoms with E-state index in [1.54, 1.807) is 5.57 Å². The van der Waals surface area contributed by atoms with Crippen LogP contribution in [0.25, 0.3) is 0 Å². The first-order valence-corrected chi connectivity index (χ1v) is 12.9. The number of ether oxygens (including phenoxy) is 2. The maximum absolute atomic E-state index is 11.6. The molecule has 0 aromatic carbocycles. The Bertz CT molecular complexity index is 784. The standard InChI is InChI=1S/C28H42O4/c1-6-7-14-28-16-12-22(32-20(4)30)17-21(28)8-9-23-25-11-10-24(18(2)31-19(3)29)27(25,5)15-13-26(23)28/h6,8,18,22-26H,1,7,9-17H2,2-5H3/t18-,22+,23+,24-,25+,26+,27-,28+/m1/s1. The molecule has 4 heteroatoms. The van der Waals surface area contributed by atoms with Crippen LogP contribution in [-0.4, -0.2) is 24.1 Å². The first-order chi connectivity index (χ1) is 15.2. The number of fused-ring (bicyclic) bond motifs is 5. The van der Waals surface area contributed by atoms with Gasteiger partial charge in [0.2, 0.25) is 0 Å². The average Bonchev–Trinajstić information content (AvgIpc) is 3.08. The van der Waals surface area contributed by atoms with Crippen LogP contribution >= 0.6 is 0 Å². The van der Waals surface area contributed by atoms with Crippen LogP contribution in [0.3, 0.4) is 0 Å². The zero-order chi connectivity index (χ0) is 23.1. The summed E-state index contributed by atoms with van der Waals surface area (Å²) in [7, 11) is 0. The van der Waals surface area contributed by atoms with Crippen LogP contribution in [-0.2, 0) is 19.1 Å². The van der Waals surface area contributed by atoms with Gasteiger partial charge in [-0.1, -0.05) is 24.6 Å². The number of carbonyl (C=O) groups excluding carboxylic acids is 2. The number of carbonyl (C=O) groups is 2. The van der Waals surface area contributed by atoms with Crippen LogP contribution in [0, 0.1) is 34.5 Å². The van der Waals surface area contributed by atoms with Gasteiger partial charge >= 0.3 is 11.9 Å². The molecule has 0 N–H and O–H groups in total. The number of esters is 2. The van der Waals surface area contributed by atoms with E-state index in [4.69, 9.17) is 9.47 Å². The third-order valence-corrected chi connectivity index (χ3v) is 9.90. The first kappa shape index (κ1) is 23.6. The van der Waals surface area contributed by atoms with Crippen LogP contribution in [0.1, 0.15) is 91.9 Å². The SMILES string of the molecule is C=CCC[C@]12CC[C@H](OC(C)=O)CC1=CC[C@@H]1[C@@H]2CC[C@]2(C)[C@@H]([C@@H](C)OC(C)=O)CC[C@@H]12. The average molecular weight is 443 g/mol. The minimum absolute atomic E-state index is 0.00244. The second-order valence-electron chi connectivity index (χ2n) is 11.3. The maximum atomic E-state index is 11.6. The lowest BCUT2D eigenvalue weighted by molar-refractivity contribution is -0.154. The van der Waals surface area contributed by atoms with Crippen LogP contribution in [0.4, 0.5) is 0 Å². The van der Waals surface area contributed by atoms with Gasteiger partial charge in [-0.3, -0.25) is 9.59 Å². The van der Waals surface area contributed by atoms with Gasteiger partial charge in [-0.15, -0.1) is 6.58 Å². The fourth-order valence-electron chi connectivity index (χ4n) is 8.74. The van der Waals surface area contributed by atoms with Crippen molar-refractivity contribution in [1.82, 2.24) is 0 Å². The van der Waals surface area contributed by atoms with Crippen molar-refractivity contribution in [3.8, 4) is 0 Å². The predicted octanol–water partition coefficient (Wildman–Crippen LogP) is 6.40. The summed E-state index contributed by atoms with van der Waals surface area (Å²) in [6, 6.07) is 0. The molecule has 178 valence electrons. The summed E-state index contributed by atoms with van der Waals surface area (Å²) in [5.41, 5.74) is 2.06. The van der Waals surface area contributed by atoms with Crippen LogP contribution < -0.4 is 0 Å². The van der Waals surface area contributed by atoms with Crippen molar-refractivity contribution in [2.45, 2.75) is 104 Å². The Labute approximate surface area is 194 Å². The Morgan fingerprint density at radius 3 is 2.62 bits per heavy atom. The number of hydrogen-bond donors (Lipinski definition) is 0. The Hall–Kier alpha value is -1.58. The van der Waals surface area contributed by atoms with Gasteiger partial charge in [-0.2, -0.15) is 0 Å². The summed E-state index contributed by atoms with van der Waals surface area (Å²) in [4.78, 5) is 23.2. The Morgan fingerprint density at radius 2 is 1.94 bits per heavy atom. The smallest absolute Gasteiger partial charge is 0.302 e. The summed E-state index contributed by atoms with van der Waals surface area (Å²) in [6.45, 7) is 11.7. The van der Waals surface area contributed by atoms with E-state index in [1.165, 1.54) is 46.0 Å². The van der Waals surface area contributed by atoms with Crippen LogP contribution in [0.5, 0.6) is 0 Å². The van der Waals surface area contributed by atoms with Gasteiger partial charge in [0, 0.05) is 26.2 Å². The van der Waals surface area contributed by atoms with Crippen LogP contribution in [0.2, 0.25) is 0 Å². The van der Waals surface area contributed by atoms with Gasteiger partial charge in [0.1, 0.15) is 12.2 Å². The topological polar surface area (TPSA) is 52.6 Å². The Balaban J connectivity index is 1.60. The summed E-state index contributed by atoms with van der Waals surface area (Å²) in [5, 5.41) is 0. The molecule has 0 radical (unpaired) electrons. The van der Waals surface area contributed by atoms with Gasteiger partial charge in [0.05, 0.1) is 0 Å². The molecule has 4 aliphatic rings. The monoisotopic (exact) mass is 442 g/mol. The van der Waals surface area contributed by atoms with Gasteiger partial charge in [-0.25, -0.2) is 0 Å². The van der Waals surface area contributed by atoms with E-state index >= 15 is 0 Å². The number of rotatable bonds is 6. The highest BCUT2D eigenvalue weighted by Gasteiger charge is 2.60. The van der Waals surface area contributed by atoms with E-state index in [2.05, 4.69) is 32.6 Å². The molecule has 0 saturated heterocycles. The van der Waals surface area contributed by atoms with E-state index in [0.29, 0.717) is 23.7 Å². The van der Waals surface area contributed by atoms with Crippen molar-refractivity contribution >= 4 is 11.9 Å². The third-order valence-electron chi connectivity index (χ3n) is 9.90. The van der Waals surface area contributed by atoms with E-state index in [-0.39, 0.29) is 35.0 Å². The summed E-state index contributed by atoms with van der Waals surface area (Å²) < 4.78 is 11.3. The van der Waals surface area contributed by atoms with Crippen LogP contribution in [0.15, 0.2) is 24.3 Å². The van der Waals surface area contributed by atoms with Gasteiger partial charge in [0.15, 0.2) is 0 Å². The fourth-order valence-corrected chi connectivity index (χ4v) is 8.74. The number of hydrogen-bond acceptors (Lipinski definition) is 4. The molecule has 32 heavy (non-hydrogen) atoms. The van der Waals surface area contributed by atoms with Crippen molar-refractivity contribution < 1.29 is 19.1 Å². The highest BCUT2D eigenvalue weighted by atomic mass is 16.5. The maximum Gasteiger partial charge on any atom is 0.302 e. The van der Waals surface area contributed by atoms with Gasteiger partial charge in [-0.05, 0) is 93.3 Å². The molecule has 4 aliphatic carbocycles. The zero-order valence-corrected chi connectivity index (χ0v) is 20.5. The van der Waals surface area contributed by atoms with E-state index in [1.807, 2.05) is 0 Å². The highest BCUT2D eigenvalue weighted by molar-refractivity contribution is 5.66. The molecule has 3 saturated carbocycles. The van der Waals surface area contributed by atoms with Gasteiger partial charge in [0.25, 0.3) is 0 Å². The van der Waals surface area contributed by atoms with Gasteiger partial charge < -0.3 is 9.47 Å². The molecule has 0 aromatic rings. The number of allylic oxidation sites excluding steroid dienone is 2. The van der Waals surface area contributed by atoms with Crippen molar-refractivity contribution in [1.29, 1.82) is 0 Å². The second-order valence-corrected chi connectivity index (χ2v) is 11.3. The molecule has 0 aliphatic heterocycles. The minimum atomic E-state index is -0.157. The fraction of sp³-hybridized carbons (Fsp3) is 0.786. The lowest BCUT2D eigenvalue weighted by atomic mass is 9.46. The second kappa shape index (κ2) is 8.99. The lowest BCUT2D eigenvalue weighted by Gasteiger charge is -2.59. The quantitative estimate of drug-likeness (QED) is 0.353. The van der Waals surface area contributed by atoms with E-state index in [9.17, 15) is 9.59 Å². The molecule has 0 heterocycles.